The Hall–Kier alpha value is 0.0169. The normalized spacial score (nSPS) is 13.2. The Morgan fingerprint density at radius 2 is 1.85 bits per heavy atom. The topological polar surface area (TPSA) is 0 Å². The summed E-state index contributed by atoms with van der Waals surface area (Å²) in [7, 11) is -1.51. The van der Waals surface area contributed by atoms with E-state index in [1.54, 1.807) is 0 Å². The van der Waals surface area contributed by atoms with Crippen molar-refractivity contribution in [2.45, 2.75) is 25.3 Å². The Morgan fingerprint density at radius 1 is 1.23 bits per heavy atom. The van der Waals surface area contributed by atoms with E-state index in [0.29, 0.717) is 5.54 Å². The van der Waals surface area contributed by atoms with Gasteiger partial charge in [0.05, 0.1) is 0 Å². The summed E-state index contributed by atoms with van der Waals surface area (Å²) in [6.07, 6.45) is 2.11. The lowest BCUT2D eigenvalue weighted by Crippen LogP contribution is -2.09. The highest BCUT2D eigenvalue weighted by atomic mass is 35.7. The zero-order valence-electron chi connectivity index (χ0n) is 7.71. The molecule has 0 fully saturated rings. The largest absolute Gasteiger partial charge is 0.240 e. The highest BCUT2D eigenvalue weighted by molar-refractivity contribution is 7.34. The molecule has 0 saturated heterocycles. The predicted octanol–water partition coefficient (Wildman–Crippen LogP) is 3.71. The molecule has 0 spiro atoms. The molecule has 0 heterocycles. The van der Waals surface area contributed by atoms with E-state index in [4.69, 9.17) is 22.2 Å². The number of hydrogen-bond donors (Lipinski definition) is 0. The van der Waals surface area contributed by atoms with Gasteiger partial charge in [0, 0.05) is 0 Å². The Balaban J connectivity index is 2.57. The van der Waals surface area contributed by atoms with E-state index >= 15 is 0 Å². The summed E-state index contributed by atoms with van der Waals surface area (Å²) in [5, 5.41) is 0. The van der Waals surface area contributed by atoms with Crippen molar-refractivity contribution in [3.05, 3.63) is 35.9 Å². The van der Waals surface area contributed by atoms with Crippen LogP contribution < -0.4 is 0 Å². The minimum Gasteiger partial charge on any atom is -0.150 e. The van der Waals surface area contributed by atoms with E-state index in [-0.39, 0.29) is 0 Å². The highest BCUT2D eigenvalue weighted by Crippen LogP contribution is 2.25. The number of hydrogen-bond acceptors (Lipinski definition) is 0. The third-order valence-electron chi connectivity index (χ3n) is 2.22. The van der Waals surface area contributed by atoms with Crippen LogP contribution >= 0.6 is 22.2 Å². The molecule has 0 amide bonds. The van der Waals surface area contributed by atoms with Crippen molar-refractivity contribution in [3.63, 3.8) is 0 Å². The molecular weight excluding hydrogens is 219 g/mol. The highest BCUT2D eigenvalue weighted by Gasteiger charge is 2.17. The third-order valence-corrected chi connectivity index (χ3v) is 5.78. The van der Waals surface area contributed by atoms with E-state index in [0.717, 1.165) is 12.8 Å². The lowest BCUT2D eigenvalue weighted by Gasteiger charge is -2.13. The first kappa shape index (κ1) is 11.1. The van der Waals surface area contributed by atoms with Crippen molar-refractivity contribution in [1.29, 1.82) is 0 Å². The zero-order chi connectivity index (χ0) is 9.68. The molecule has 13 heavy (non-hydrogen) atoms. The van der Waals surface area contributed by atoms with Crippen LogP contribution in [-0.2, 0) is 6.42 Å². The molecule has 0 saturated carbocycles. The summed E-state index contributed by atoms with van der Waals surface area (Å²) in [6.45, 7) is 2.15. The third kappa shape index (κ3) is 3.71. The standard InChI is InChI=1S/C10H14Cl2Si/c1-2-10(13(11)12)8-9-6-4-3-5-7-9/h3-7,10,13H,2,8H2,1H3. The molecule has 1 atom stereocenters. The fourth-order valence-electron chi connectivity index (χ4n) is 1.33. The lowest BCUT2D eigenvalue weighted by molar-refractivity contribution is 0.785. The molecule has 3 heteroatoms. The summed E-state index contributed by atoms with van der Waals surface area (Å²) in [5.41, 5.74) is 1.85. The Bertz CT molecular complexity index is 236. The first-order valence-electron chi connectivity index (χ1n) is 4.56. The van der Waals surface area contributed by atoms with Gasteiger partial charge in [-0.15, -0.1) is 0 Å². The molecule has 1 aromatic rings. The van der Waals surface area contributed by atoms with Gasteiger partial charge < -0.3 is 0 Å². The van der Waals surface area contributed by atoms with Crippen LogP contribution in [-0.4, -0.2) is 7.42 Å². The maximum atomic E-state index is 6.00. The monoisotopic (exact) mass is 232 g/mol. The van der Waals surface area contributed by atoms with Crippen LogP contribution in [0.25, 0.3) is 0 Å². The molecular formula is C10H14Cl2Si. The molecule has 0 N–H and O–H groups in total. The fraction of sp³-hybridized carbons (Fsp3) is 0.400. The van der Waals surface area contributed by atoms with E-state index in [9.17, 15) is 0 Å². The fourth-order valence-corrected chi connectivity index (χ4v) is 3.74. The van der Waals surface area contributed by atoms with Crippen LogP contribution in [0.1, 0.15) is 18.9 Å². The Kier molecular flexibility index (Phi) is 4.85. The average Bonchev–Trinajstić information content (AvgIpc) is 2.15. The second-order valence-electron chi connectivity index (χ2n) is 3.19. The average molecular weight is 233 g/mol. The molecule has 1 unspecified atom stereocenters. The lowest BCUT2D eigenvalue weighted by atomic mass is 10.1. The number of halogens is 2. The minimum atomic E-state index is -1.51. The van der Waals surface area contributed by atoms with Crippen molar-refractivity contribution in [2.75, 3.05) is 0 Å². The van der Waals surface area contributed by atoms with E-state index < -0.39 is 7.42 Å². The van der Waals surface area contributed by atoms with E-state index in [1.807, 2.05) is 6.07 Å². The Morgan fingerprint density at radius 3 is 2.31 bits per heavy atom. The predicted molar refractivity (Wildman–Crippen MR) is 63.0 cm³/mol. The van der Waals surface area contributed by atoms with Gasteiger partial charge in [0.2, 0.25) is 7.42 Å². The number of rotatable bonds is 4. The molecule has 0 aliphatic heterocycles. The molecule has 0 bridgehead atoms. The van der Waals surface area contributed by atoms with Crippen molar-refractivity contribution >= 4 is 29.6 Å². The molecule has 0 nitrogen and oxygen atoms in total. The van der Waals surface area contributed by atoms with Gasteiger partial charge in [0.25, 0.3) is 0 Å². The molecule has 1 aromatic carbocycles. The smallest absolute Gasteiger partial charge is 0.150 e. The maximum absolute atomic E-state index is 6.00. The summed E-state index contributed by atoms with van der Waals surface area (Å²) in [6, 6.07) is 10.4. The van der Waals surface area contributed by atoms with Gasteiger partial charge >= 0.3 is 0 Å². The van der Waals surface area contributed by atoms with Crippen LogP contribution in [0.5, 0.6) is 0 Å². The first-order valence-corrected chi connectivity index (χ1v) is 8.72. The van der Waals surface area contributed by atoms with E-state index in [2.05, 4.69) is 31.2 Å². The van der Waals surface area contributed by atoms with Gasteiger partial charge in [0.1, 0.15) is 0 Å². The second-order valence-corrected chi connectivity index (χ2v) is 8.30. The molecule has 0 radical (unpaired) electrons. The van der Waals surface area contributed by atoms with Gasteiger partial charge in [-0.1, -0.05) is 43.7 Å². The molecule has 72 valence electrons. The molecule has 0 aliphatic rings. The number of benzene rings is 1. The van der Waals surface area contributed by atoms with Gasteiger partial charge in [0.15, 0.2) is 0 Å². The molecule has 0 aromatic heterocycles. The summed E-state index contributed by atoms with van der Waals surface area (Å²) in [4.78, 5) is 0. The van der Waals surface area contributed by atoms with Crippen LogP contribution in [0.15, 0.2) is 30.3 Å². The summed E-state index contributed by atoms with van der Waals surface area (Å²) in [5.74, 6) is 0. The molecule has 0 aliphatic carbocycles. The van der Waals surface area contributed by atoms with Crippen molar-refractivity contribution in [1.82, 2.24) is 0 Å². The van der Waals surface area contributed by atoms with Gasteiger partial charge in [-0.05, 0) is 17.5 Å². The van der Waals surface area contributed by atoms with Gasteiger partial charge in [-0.2, -0.15) is 22.2 Å². The van der Waals surface area contributed by atoms with Crippen molar-refractivity contribution in [2.24, 2.45) is 0 Å². The summed E-state index contributed by atoms with van der Waals surface area (Å²) >= 11 is 12.0. The molecule has 1 rings (SSSR count). The van der Waals surface area contributed by atoms with Gasteiger partial charge in [-0.25, -0.2) is 0 Å². The van der Waals surface area contributed by atoms with Crippen LogP contribution in [0.4, 0.5) is 0 Å². The maximum Gasteiger partial charge on any atom is 0.240 e. The minimum absolute atomic E-state index is 0.505. The quantitative estimate of drug-likeness (QED) is 0.549. The SMILES string of the molecule is CCC(Cc1ccccc1)[SiH](Cl)Cl. The summed E-state index contributed by atoms with van der Waals surface area (Å²) < 4.78 is 0. The van der Waals surface area contributed by atoms with Crippen molar-refractivity contribution < 1.29 is 0 Å². The van der Waals surface area contributed by atoms with Crippen LogP contribution in [0.2, 0.25) is 5.54 Å². The second kappa shape index (κ2) is 5.69. The zero-order valence-corrected chi connectivity index (χ0v) is 10.4. The van der Waals surface area contributed by atoms with Crippen LogP contribution in [0.3, 0.4) is 0 Å². The first-order chi connectivity index (χ1) is 6.24. The van der Waals surface area contributed by atoms with E-state index in [1.165, 1.54) is 5.56 Å². The van der Waals surface area contributed by atoms with Crippen molar-refractivity contribution in [3.8, 4) is 0 Å². The van der Waals surface area contributed by atoms with Crippen LogP contribution in [0, 0.1) is 0 Å². The Labute approximate surface area is 90.9 Å². The van der Waals surface area contributed by atoms with Gasteiger partial charge in [-0.3, -0.25) is 0 Å².